The van der Waals surface area contributed by atoms with Crippen molar-refractivity contribution in [2.24, 2.45) is 16.2 Å². The maximum atomic E-state index is 15.4. The normalized spacial score (nSPS) is 20.8. The molecular weight excluding hydrogens is 1120 g/mol. The Labute approximate surface area is 526 Å². The number of nitrogens with zero attached hydrogens (tertiary/aromatic N) is 2. The van der Waals surface area contributed by atoms with Crippen LogP contribution in [0, 0.1) is 16.2 Å². The van der Waals surface area contributed by atoms with Gasteiger partial charge in [-0.25, -0.2) is 0 Å². The minimum Gasteiger partial charge on any atom is -0.489 e. The van der Waals surface area contributed by atoms with Crippen LogP contribution in [0.25, 0.3) is 0 Å². The van der Waals surface area contributed by atoms with E-state index in [0.717, 1.165) is 66.3 Å². The van der Waals surface area contributed by atoms with Crippen LogP contribution in [0.4, 0.5) is 0 Å². The first-order chi connectivity index (χ1) is 42.1. The van der Waals surface area contributed by atoms with Crippen LogP contribution in [-0.4, -0.2) is 126 Å². The summed E-state index contributed by atoms with van der Waals surface area (Å²) >= 11 is 0. The van der Waals surface area contributed by atoms with E-state index >= 15 is 4.79 Å². The molecule has 19 nitrogen and oxygen atoms in total. The summed E-state index contributed by atoms with van der Waals surface area (Å²) in [6.45, 7) is 22.9. The van der Waals surface area contributed by atoms with Crippen molar-refractivity contribution in [2.75, 3.05) is 20.1 Å². The van der Waals surface area contributed by atoms with Crippen LogP contribution < -0.4 is 47.3 Å². The third-order valence-electron chi connectivity index (χ3n) is 18.1. The van der Waals surface area contributed by atoms with Crippen LogP contribution in [0.2, 0.25) is 0 Å². The van der Waals surface area contributed by atoms with E-state index in [1.165, 1.54) is 16.0 Å². The lowest BCUT2D eigenvalue weighted by molar-refractivity contribution is -0.148. The van der Waals surface area contributed by atoms with E-state index in [1.807, 2.05) is 124 Å². The minimum atomic E-state index is -1.09. The van der Waals surface area contributed by atoms with Crippen LogP contribution in [0.15, 0.2) is 91.0 Å². The van der Waals surface area contributed by atoms with Crippen molar-refractivity contribution in [3.05, 3.63) is 136 Å². The molecule has 2 aliphatic carbocycles. The minimum absolute atomic E-state index is 0.0493. The molecule has 2 heterocycles. The highest BCUT2D eigenvalue weighted by molar-refractivity contribution is 5.98. The van der Waals surface area contributed by atoms with Gasteiger partial charge in [-0.3, -0.25) is 38.4 Å². The maximum absolute atomic E-state index is 15.4. The van der Waals surface area contributed by atoms with Crippen molar-refractivity contribution in [1.29, 1.82) is 0 Å². The molecule has 480 valence electrons. The Morgan fingerprint density at radius 1 is 0.573 bits per heavy atom. The van der Waals surface area contributed by atoms with E-state index in [-0.39, 0.29) is 74.2 Å². The molecule has 1 fully saturated rings. The van der Waals surface area contributed by atoms with E-state index in [0.29, 0.717) is 17.9 Å². The van der Waals surface area contributed by atoms with Crippen LogP contribution in [0.1, 0.15) is 177 Å². The SMILES string of the molecule is CCNC(C)C(=O)NC(C(=O)NC(C(=O)N1Cc2cc(OCc3ccc(C(=O)N[C@H]4C[C@@H](C(=O)N[C@@H]5CCCc6ccccc65)N(C(=O)C(NC(=O)C(C)NC)C(C)(C)C)C4)cc3)ccc2CC1C(=O)N[C@@H]1CCCc2ccccc21)C(C)(C)C)C(C)(C)C. The number of ether oxygens (including phenoxy) is 1. The summed E-state index contributed by atoms with van der Waals surface area (Å²) in [4.78, 5) is 118. The summed E-state index contributed by atoms with van der Waals surface area (Å²) in [6.07, 6.45) is 5.53. The zero-order valence-corrected chi connectivity index (χ0v) is 54.5. The molecule has 89 heavy (non-hydrogen) atoms. The van der Waals surface area contributed by atoms with Gasteiger partial charge in [0.2, 0.25) is 41.4 Å². The number of carbonyl (C=O) groups excluding carboxylic acids is 8. The fourth-order valence-corrected chi connectivity index (χ4v) is 12.7. The lowest BCUT2D eigenvalue weighted by Gasteiger charge is -2.42. The molecule has 0 aromatic heterocycles. The van der Waals surface area contributed by atoms with Gasteiger partial charge in [-0.05, 0) is 152 Å². The van der Waals surface area contributed by atoms with Crippen molar-refractivity contribution in [1.82, 2.24) is 52.3 Å². The number of hydrogen-bond donors (Lipinski definition) is 8. The molecule has 4 aromatic rings. The molecule has 10 atom stereocenters. The Kier molecular flexibility index (Phi) is 21.5. The number of benzene rings is 4. The number of carbonyl (C=O) groups is 8. The number of aryl methyl sites for hydroxylation is 2. The van der Waals surface area contributed by atoms with E-state index in [2.05, 4.69) is 54.7 Å². The lowest BCUT2D eigenvalue weighted by atomic mass is 9.82. The average Bonchev–Trinajstić information content (AvgIpc) is 1.75. The Morgan fingerprint density at radius 3 is 1.64 bits per heavy atom. The van der Waals surface area contributed by atoms with Gasteiger partial charge in [-0.1, -0.05) is 136 Å². The van der Waals surface area contributed by atoms with Crippen LogP contribution in [-0.2, 0) is 66.0 Å². The zero-order chi connectivity index (χ0) is 64.7. The number of rotatable bonds is 20. The Hall–Kier alpha value is -7.64. The third-order valence-corrected chi connectivity index (χ3v) is 18.1. The molecule has 4 aliphatic rings. The van der Waals surface area contributed by atoms with Gasteiger partial charge in [-0.15, -0.1) is 0 Å². The largest absolute Gasteiger partial charge is 0.489 e. The van der Waals surface area contributed by atoms with Crippen LogP contribution >= 0.6 is 0 Å². The highest BCUT2D eigenvalue weighted by Gasteiger charge is 2.48. The fourth-order valence-electron chi connectivity index (χ4n) is 12.7. The van der Waals surface area contributed by atoms with E-state index in [9.17, 15) is 33.6 Å². The van der Waals surface area contributed by atoms with Gasteiger partial charge in [0, 0.05) is 31.1 Å². The van der Waals surface area contributed by atoms with Crippen molar-refractivity contribution in [3.8, 4) is 5.75 Å². The van der Waals surface area contributed by atoms with Gasteiger partial charge < -0.3 is 57.1 Å². The molecule has 0 radical (unpaired) electrons. The van der Waals surface area contributed by atoms with Gasteiger partial charge in [-0.2, -0.15) is 0 Å². The van der Waals surface area contributed by atoms with Gasteiger partial charge >= 0.3 is 0 Å². The summed E-state index contributed by atoms with van der Waals surface area (Å²) in [5.74, 6) is -2.51. The second-order valence-electron chi connectivity index (χ2n) is 28.0. The summed E-state index contributed by atoms with van der Waals surface area (Å²) in [7, 11) is 1.67. The summed E-state index contributed by atoms with van der Waals surface area (Å²) < 4.78 is 6.39. The average molecular weight is 1220 g/mol. The number of hydrogen-bond acceptors (Lipinski definition) is 11. The molecule has 6 unspecified atom stereocenters. The molecule has 19 heteroatoms. The molecule has 2 aliphatic heterocycles. The molecule has 8 rings (SSSR count). The topological polar surface area (TPSA) is 249 Å². The highest BCUT2D eigenvalue weighted by atomic mass is 16.5. The first-order valence-corrected chi connectivity index (χ1v) is 31.9. The summed E-state index contributed by atoms with van der Waals surface area (Å²) in [5, 5.41) is 24.6. The molecule has 4 aromatic carbocycles. The van der Waals surface area contributed by atoms with Gasteiger partial charge in [0.15, 0.2) is 0 Å². The molecule has 8 amide bonds. The molecule has 0 spiro atoms. The predicted octanol–water partition coefficient (Wildman–Crippen LogP) is 6.80. The van der Waals surface area contributed by atoms with Gasteiger partial charge in [0.25, 0.3) is 5.91 Å². The van der Waals surface area contributed by atoms with Gasteiger partial charge in [0.05, 0.1) is 24.2 Å². The summed E-state index contributed by atoms with van der Waals surface area (Å²) in [6, 6.07) is 21.8. The zero-order valence-electron chi connectivity index (χ0n) is 54.5. The third kappa shape index (κ3) is 16.4. The maximum Gasteiger partial charge on any atom is 0.251 e. The second kappa shape index (κ2) is 28.5. The first-order valence-electron chi connectivity index (χ1n) is 31.9. The number of nitrogens with one attached hydrogen (secondary N) is 8. The number of fused-ring (bicyclic) bond motifs is 3. The monoisotopic (exact) mass is 1220 g/mol. The van der Waals surface area contributed by atoms with E-state index in [1.54, 1.807) is 50.1 Å². The lowest BCUT2D eigenvalue weighted by Crippen LogP contribution is -2.64. The first kappa shape index (κ1) is 67.3. The number of amides is 8. The van der Waals surface area contributed by atoms with E-state index < -0.39 is 82.3 Å². The highest BCUT2D eigenvalue weighted by Crippen LogP contribution is 2.36. The van der Waals surface area contributed by atoms with Crippen molar-refractivity contribution in [3.63, 3.8) is 0 Å². The fraction of sp³-hybridized carbons (Fsp3) is 0.543. The second-order valence-corrected chi connectivity index (χ2v) is 28.0. The van der Waals surface area contributed by atoms with Crippen molar-refractivity contribution in [2.45, 2.75) is 208 Å². The smallest absolute Gasteiger partial charge is 0.251 e. The molecule has 1 saturated heterocycles. The Balaban J connectivity index is 0.978. The van der Waals surface area contributed by atoms with Crippen molar-refractivity contribution < 1.29 is 43.1 Å². The molecule has 0 saturated carbocycles. The predicted molar refractivity (Wildman–Crippen MR) is 343 cm³/mol. The van der Waals surface area contributed by atoms with Crippen molar-refractivity contribution >= 4 is 47.3 Å². The Morgan fingerprint density at radius 2 is 1.09 bits per heavy atom. The number of likely N-dealkylation sites (tertiary alicyclic amines) is 1. The van der Waals surface area contributed by atoms with Crippen LogP contribution in [0.3, 0.4) is 0 Å². The Bertz CT molecular complexity index is 3240. The van der Waals surface area contributed by atoms with E-state index in [4.69, 9.17) is 4.74 Å². The standard InChI is InChI=1S/C70H96N10O9/c1-14-72-42(3)61(82)76-57(68(4,5)6)65(86)78-59(70(10,11)12)66(87)79-38-48-35-50(34-33-47(48)36-55(79)63(84)74-53-27-19-23-44-21-15-17-25-51(44)53)89-40-43-29-31-46(32-30-43)62(83)73-49-37-56(64(85)75-54-28-20-24-45-22-16-18-26-52(45)54)80(39-49)67(88)58(69(7,8)9)77-60(81)41(2)71-13/h15-18,21-22,25-26,29-35,41-42,49,53-59,71-72H,14,19-20,23-24,27-28,36-40H2,1-13H3,(H,73,83)(H,74,84)(H,75,85)(H,76,82)(H,77,81)(H,78,86)/t41?,42?,49-,53+,54+,55?,56-,57?,58?,59?/m0/s1. The molecule has 0 bridgehead atoms. The van der Waals surface area contributed by atoms with Crippen LogP contribution in [0.5, 0.6) is 5.75 Å². The number of likely N-dealkylation sites (N-methyl/N-ethyl adjacent to an activating group) is 2. The van der Waals surface area contributed by atoms with Gasteiger partial charge in [0.1, 0.15) is 42.6 Å². The quantitative estimate of drug-likeness (QED) is 0.0457. The molecule has 8 N–H and O–H groups in total. The molecular formula is C70H96N10O9. The summed E-state index contributed by atoms with van der Waals surface area (Å²) in [5.41, 5.74) is 5.01.